The van der Waals surface area contributed by atoms with E-state index in [-0.39, 0.29) is 11.9 Å². The highest BCUT2D eigenvalue weighted by Gasteiger charge is 2.10. The lowest BCUT2D eigenvalue weighted by Gasteiger charge is -2.09. The van der Waals surface area contributed by atoms with E-state index in [1.807, 2.05) is 19.1 Å². The van der Waals surface area contributed by atoms with E-state index in [2.05, 4.69) is 18.9 Å². The van der Waals surface area contributed by atoms with Crippen LogP contribution in [0.1, 0.15) is 44.0 Å². The van der Waals surface area contributed by atoms with Crippen LogP contribution in [0.25, 0.3) is 5.69 Å². The number of hydrogen-bond donors (Lipinski definition) is 1. The molecule has 0 saturated carbocycles. The molecule has 0 aliphatic heterocycles. The van der Waals surface area contributed by atoms with Crippen LogP contribution in [-0.2, 0) is 0 Å². The minimum atomic E-state index is -0.303. The maximum Gasteiger partial charge on any atom is 0.149 e. The SMILES string of the molecule is CC(C)c1ccn(-c2ccc(C(C)N)cc2F)n1. The lowest BCUT2D eigenvalue weighted by molar-refractivity contribution is 0.603. The Labute approximate surface area is 106 Å². The number of nitrogens with zero attached hydrogens (tertiary/aromatic N) is 2. The number of hydrogen-bond acceptors (Lipinski definition) is 2. The van der Waals surface area contributed by atoms with Gasteiger partial charge in [-0.25, -0.2) is 9.07 Å². The van der Waals surface area contributed by atoms with Crippen LogP contribution in [0.15, 0.2) is 30.5 Å². The fourth-order valence-electron chi connectivity index (χ4n) is 1.77. The van der Waals surface area contributed by atoms with Crippen LogP contribution in [0.2, 0.25) is 0 Å². The predicted molar refractivity (Wildman–Crippen MR) is 70.2 cm³/mol. The highest BCUT2D eigenvalue weighted by Crippen LogP contribution is 2.19. The van der Waals surface area contributed by atoms with Crippen molar-refractivity contribution in [2.75, 3.05) is 0 Å². The third-order valence-electron chi connectivity index (χ3n) is 2.95. The first-order valence-electron chi connectivity index (χ1n) is 6.10. The standard InChI is InChI=1S/C14H18FN3/c1-9(2)13-6-7-18(17-13)14-5-4-11(10(3)16)8-12(14)15/h4-10H,16H2,1-3H3. The molecule has 4 heteroatoms. The summed E-state index contributed by atoms with van der Waals surface area (Å²) in [5, 5.41) is 4.36. The maximum atomic E-state index is 14.0. The van der Waals surface area contributed by atoms with Crippen LogP contribution in [0.3, 0.4) is 0 Å². The summed E-state index contributed by atoms with van der Waals surface area (Å²) in [4.78, 5) is 0. The van der Waals surface area contributed by atoms with Crippen LogP contribution in [0.4, 0.5) is 4.39 Å². The van der Waals surface area contributed by atoms with Crippen molar-refractivity contribution in [3.63, 3.8) is 0 Å². The summed E-state index contributed by atoms with van der Waals surface area (Å²) < 4.78 is 15.6. The zero-order valence-corrected chi connectivity index (χ0v) is 10.9. The molecule has 1 aromatic heterocycles. The molecule has 0 aliphatic carbocycles. The summed E-state index contributed by atoms with van der Waals surface area (Å²) in [7, 11) is 0. The Morgan fingerprint density at radius 1 is 1.22 bits per heavy atom. The quantitative estimate of drug-likeness (QED) is 0.905. The van der Waals surface area contributed by atoms with Crippen molar-refractivity contribution in [2.45, 2.75) is 32.7 Å². The van der Waals surface area contributed by atoms with Crippen LogP contribution in [0, 0.1) is 5.82 Å². The molecule has 0 fully saturated rings. The molecule has 0 aliphatic rings. The molecule has 1 heterocycles. The molecule has 0 saturated heterocycles. The van der Waals surface area contributed by atoms with Gasteiger partial charge in [-0.15, -0.1) is 0 Å². The molecule has 96 valence electrons. The van der Waals surface area contributed by atoms with Gasteiger partial charge in [0.05, 0.1) is 5.69 Å². The summed E-state index contributed by atoms with van der Waals surface area (Å²) in [5.41, 5.74) is 7.91. The third kappa shape index (κ3) is 2.43. The van der Waals surface area contributed by atoms with Gasteiger partial charge in [0.15, 0.2) is 0 Å². The molecule has 0 amide bonds. The first-order chi connectivity index (χ1) is 8.49. The van der Waals surface area contributed by atoms with Crippen molar-refractivity contribution in [3.8, 4) is 5.69 Å². The lowest BCUT2D eigenvalue weighted by atomic mass is 10.1. The molecule has 18 heavy (non-hydrogen) atoms. The largest absolute Gasteiger partial charge is 0.324 e. The van der Waals surface area contributed by atoms with Crippen LogP contribution in [-0.4, -0.2) is 9.78 Å². The molecule has 2 rings (SSSR count). The molecule has 1 unspecified atom stereocenters. The van der Waals surface area contributed by atoms with E-state index in [1.54, 1.807) is 16.9 Å². The van der Waals surface area contributed by atoms with Crippen LogP contribution in [0.5, 0.6) is 0 Å². The highest BCUT2D eigenvalue weighted by molar-refractivity contribution is 5.37. The summed E-state index contributed by atoms with van der Waals surface area (Å²) in [5.74, 6) is 0.0286. The van der Waals surface area contributed by atoms with Crippen molar-refractivity contribution in [2.24, 2.45) is 5.73 Å². The Bertz CT molecular complexity index is 544. The van der Waals surface area contributed by atoms with Gasteiger partial charge in [0.2, 0.25) is 0 Å². The number of aromatic nitrogens is 2. The fraction of sp³-hybridized carbons (Fsp3) is 0.357. The van der Waals surface area contributed by atoms with Crippen molar-refractivity contribution in [1.29, 1.82) is 0 Å². The van der Waals surface area contributed by atoms with E-state index in [0.717, 1.165) is 11.3 Å². The number of rotatable bonds is 3. The summed E-state index contributed by atoms with van der Waals surface area (Å²) >= 11 is 0. The predicted octanol–water partition coefficient (Wildman–Crippen LogP) is 3.15. The fourth-order valence-corrected chi connectivity index (χ4v) is 1.77. The maximum absolute atomic E-state index is 14.0. The second-order valence-corrected chi connectivity index (χ2v) is 4.84. The molecule has 1 atom stereocenters. The summed E-state index contributed by atoms with van der Waals surface area (Å²) in [6.45, 7) is 5.95. The van der Waals surface area contributed by atoms with Gasteiger partial charge >= 0.3 is 0 Å². The zero-order chi connectivity index (χ0) is 13.3. The minimum Gasteiger partial charge on any atom is -0.324 e. The van der Waals surface area contributed by atoms with Crippen molar-refractivity contribution < 1.29 is 4.39 Å². The smallest absolute Gasteiger partial charge is 0.149 e. The minimum absolute atomic E-state index is 0.169. The van der Waals surface area contributed by atoms with E-state index < -0.39 is 0 Å². The van der Waals surface area contributed by atoms with Gasteiger partial charge in [0.1, 0.15) is 11.5 Å². The first kappa shape index (κ1) is 12.8. The normalized spacial score (nSPS) is 13.0. The molecule has 0 spiro atoms. The number of benzene rings is 1. The molecule has 2 N–H and O–H groups in total. The Hall–Kier alpha value is -1.68. The topological polar surface area (TPSA) is 43.8 Å². The van der Waals surface area contributed by atoms with Crippen LogP contribution >= 0.6 is 0 Å². The third-order valence-corrected chi connectivity index (χ3v) is 2.95. The first-order valence-corrected chi connectivity index (χ1v) is 6.10. The molecular formula is C14H18FN3. The summed E-state index contributed by atoms with van der Waals surface area (Å²) in [6, 6.07) is 6.75. The van der Waals surface area contributed by atoms with E-state index in [9.17, 15) is 4.39 Å². The van der Waals surface area contributed by atoms with Gasteiger partial charge in [0, 0.05) is 12.2 Å². The average Bonchev–Trinajstić information content (AvgIpc) is 2.78. The molecule has 1 aromatic carbocycles. The Kier molecular flexibility index (Phi) is 3.48. The van der Waals surface area contributed by atoms with E-state index in [0.29, 0.717) is 11.6 Å². The second-order valence-electron chi connectivity index (χ2n) is 4.84. The van der Waals surface area contributed by atoms with E-state index >= 15 is 0 Å². The molecule has 0 radical (unpaired) electrons. The molecular weight excluding hydrogens is 229 g/mol. The van der Waals surface area contributed by atoms with E-state index in [4.69, 9.17) is 5.73 Å². The van der Waals surface area contributed by atoms with Gasteiger partial charge in [-0.1, -0.05) is 19.9 Å². The van der Waals surface area contributed by atoms with Crippen molar-refractivity contribution in [3.05, 3.63) is 47.5 Å². The van der Waals surface area contributed by atoms with Gasteiger partial charge < -0.3 is 5.73 Å². The number of nitrogens with two attached hydrogens (primary N) is 1. The monoisotopic (exact) mass is 247 g/mol. The lowest BCUT2D eigenvalue weighted by Crippen LogP contribution is -2.07. The molecule has 2 aromatic rings. The Balaban J connectivity index is 2.38. The molecule has 3 nitrogen and oxygen atoms in total. The second kappa shape index (κ2) is 4.90. The average molecular weight is 247 g/mol. The highest BCUT2D eigenvalue weighted by atomic mass is 19.1. The summed E-state index contributed by atoms with van der Waals surface area (Å²) in [6.07, 6.45) is 1.78. The Morgan fingerprint density at radius 2 is 1.94 bits per heavy atom. The zero-order valence-electron chi connectivity index (χ0n) is 10.9. The Morgan fingerprint density at radius 3 is 2.44 bits per heavy atom. The van der Waals surface area contributed by atoms with Gasteiger partial charge in [-0.2, -0.15) is 5.10 Å². The van der Waals surface area contributed by atoms with Crippen molar-refractivity contribution >= 4 is 0 Å². The van der Waals surface area contributed by atoms with E-state index in [1.165, 1.54) is 6.07 Å². The van der Waals surface area contributed by atoms with Crippen molar-refractivity contribution in [1.82, 2.24) is 9.78 Å². The van der Waals surface area contributed by atoms with Gasteiger partial charge in [-0.3, -0.25) is 0 Å². The number of halogens is 1. The molecule has 0 bridgehead atoms. The van der Waals surface area contributed by atoms with Crippen LogP contribution < -0.4 is 5.73 Å². The van der Waals surface area contributed by atoms with Gasteiger partial charge in [-0.05, 0) is 36.6 Å². The van der Waals surface area contributed by atoms with Gasteiger partial charge in [0.25, 0.3) is 0 Å².